The summed E-state index contributed by atoms with van der Waals surface area (Å²) in [5.41, 5.74) is 1.49. The van der Waals surface area contributed by atoms with E-state index in [4.69, 9.17) is 23.2 Å². The van der Waals surface area contributed by atoms with E-state index in [1.807, 2.05) is 11.4 Å². The van der Waals surface area contributed by atoms with E-state index in [-0.39, 0.29) is 27.1 Å². The quantitative estimate of drug-likeness (QED) is 0.712. The minimum atomic E-state index is -0.889. The van der Waals surface area contributed by atoms with Gasteiger partial charge in [-0.3, -0.25) is 19.3 Å². The van der Waals surface area contributed by atoms with Gasteiger partial charge in [0.1, 0.15) is 6.04 Å². The monoisotopic (exact) mass is 408 g/mol. The Morgan fingerprint density at radius 2 is 1.77 bits per heavy atom. The molecule has 134 valence electrons. The number of amides is 3. The Hall–Kier alpha value is -1.89. The number of halogens is 2. The van der Waals surface area contributed by atoms with E-state index in [9.17, 15) is 14.4 Å². The maximum absolute atomic E-state index is 12.9. The molecule has 2 aromatic rings. The van der Waals surface area contributed by atoms with Gasteiger partial charge in [0.05, 0.1) is 21.2 Å². The molecule has 1 atom stereocenters. The molecule has 1 aromatic heterocycles. The van der Waals surface area contributed by atoms with E-state index >= 15 is 0 Å². The van der Waals surface area contributed by atoms with Crippen molar-refractivity contribution in [1.82, 2.24) is 9.80 Å². The van der Waals surface area contributed by atoms with Crippen LogP contribution in [0.3, 0.4) is 0 Å². The summed E-state index contributed by atoms with van der Waals surface area (Å²) in [7, 11) is 0. The minimum absolute atomic E-state index is 0.183. The lowest BCUT2D eigenvalue weighted by Crippen LogP contribution is -2.50. The number of carbonyl (C=O) groups is 3. The lowest BCUT2D eigenvalue weighted by molar-refractivity contribution is -0.135. The fraction of sp³-hybridized carbons (Fsp3) is 0.278. The van der Waals surface area contributed by atoms with Gasteiger partial charge in [-0.1, -0.05) is 23.2 Å². The van der Waals surface area contributed by atoms with Gasteiger partial charge in [-0.2, -0.15) is 0 Å². The van der Waals surface area contributed by atoms with Crippen molar-refractivity contribution in [1.29, 1.82) is 0 Å². The Balaban J connectivity index is 1.59. The number of imide groups is 1. The molecule has 0 N–H and O–H groups in total. The second-order valence-electron chi connectivity index (χ2n) is 6.35. The molecule has 5 nitrogen and oxygen atoms in total. The number of fused-ring (bicyclic) bond motifs is 2. The Morgan fingerprint density at radius 3 is 2.38 bits per heavy atom. The zero-order valence-electron chi connectivity index (χ0n) is 13.8. The third-order valence-corrected chi connectivity index (χ3v) is 6.57. The number of benzene rings is 1. The first-order valence-electron chi connectivity index (χ1n) is 8.09. The van der Waals surface area contributed by atoms with E-state index in [1.54, 1.807) is 23.2 Å². The summed E-state index contributed by atoms with van der Waals surface area (Å²) in [6, 6.07) is 3.89. The maximum Gasteiger partial charge on any atom is 0.262 e. The Labute approximate surface area is 164 Å². The summed E-state index contributed by atoms with van der Waals surface area (Å²) in [5.74, 6) is -1.27. The highest BCUT2D eigenvalue weighted by Crippen LogP contribution is 2.33. The van der Waals surface area contributed by atoms with Crippen LogP contribution < -0.4 is 0 Å². The predicted octanol–water partition coefficient (Wildman–Crippen LogP) is 3.62. The van der Waals surface area contributed by atoms with Gasteiger partial charge in [-0.15, -0.1) is 11.3 Å². The molecule has 0 saturated heterocycles. The standard InChI is InChI=1S/C18H14Cl2N2O3S/c1-9(16(23)21-4-2-15-10(8-21)3-5-26-15)22-17(24)11-6-13(19)14(20)7-12(11)18(22)25/h3,5-7,9H,2,4,8H2,1H3. The summed E-state index contributed by atoms with van der Waals surface area (Å²) < 4.78 is 0. The van der Waals surface area contributed by atoms with Crippen LogP contribution in [0.25, 0.3) is 0 Å². The number of hydrogen-bond donors (Lipinski definition) is 0. The third kappa shape index (κ3) is 2.64. The minimum Gasteiger partial charge on any atom is -0.336 e. The molecule has 2 aliphatic rings. The van der Waals surface area contributed by atoms with Crippen molar-refractivity contribution in [3.8, 4) is 0 Å². The molecule has 0 spiro atoms. The summed E-state index contributed by atoms with van der Waals surface area (Å²) in [6.07, 6.45) is 0.790. The second kappa shape index (κ2) is 6.37. The van der Waals surface area contributed by atoms with Gasteiger partial charge in [0.15, 0.2) is 0 Å². The predicted molar refractivity (Wildman–Crippen MR) is 99.9 cm³/mol. The summed E-state index contributed by atoms with van der Waals surface area (Å²) in [5, 5.41) is 2.42. The smallest absolute Gasteiger partial charge is 0.262 e. The normalized spacial score (nSPS) is 17.3. The number of hydrogen-bond acceptors (Lipinski definition) is 4. The molecular weight excluding hydrogens is 395 g/mol. The first-order chi connectivity index (χ1) is 12.4. The average molecular weight is 409 g/mol. The molecule has 0 saturated carbocycles. The van der Waals surface area contributed by atoms with Crippen LogP contribution in [-0.2, 0) is 17.8 Å². The van der Waals surface area contributed by atoms with Crippen molar-refractivity contribution < 1.29 is 14.4 Å². The first-order valence-corrected chi connectivity index (χ1v) is 9.73. The molecule has 8 heteroatoms. The Bertz CT molecular complexity index is 915. The van der Waals surface area contributed by atoms with Crippen LogP contribution in [0.2, 0.25) is 10.0 Å². The van der Waals surface area contributed by atoms with Crippen molar-refractivity contribution in [2.24, 2.45) is 0 Å². The molecule has 3 amide bonds. The summed E-state index contributed by atoms with van der Waals surface area (Å²) >= 11 is 13.6. The molecular formula is C18H14Cl2N2O3S. The average Bonchev–Trinajstić information content (AvgIpc) is 3.18. The highest BCUT2D eigenvalue weighted by molar-refractivity contribution is 7.10. The van der Waals surface area contributed by atoms with Crippen molar-refractivity contribution in [3.63, 3.8) is 0 Å². The van der Waals surface area contributed by atoms with Gasteiger partial charge in [0.25, 0.3) is 11.8 Å². The van der Waals surface area contributed by atoms with Gasteiger partial charge in [0.2, 0.25) is 5.91 Å². The molecule has 0 bridgehead atoms. The van der Waals surface area contributed by atoms with E-state index in [0.717, 1.165) is 16.9 Å². The molecule has 26 heavy (non-hydrogen) atoms. The van der Waals surface area contributed by atoms with E-state index in [1.165, 1.54) is 17.0 Å². The van der Waals surface area contributed by atoms with Crippen LogP contribution in [0, 0.1) is 0 Å². The molecule has 0 aliphatic carbocycles. The zero-order valence-corrected chi connectivity index (χ0v) is 16.1. The molecule has 3 heterocycles. The number of nitrogens with zero attached hydrogens (tertiary/aromatic N) is 2. The number of carbonyl (C=O) groups excluding carboxylic acids is 3. The van der Waals surface area contributed by atoms with Crippen LogP contribution in [0.15, 0.2) is 23.6 Å². The SMILES string of the molecule is CC(C(=O)N1CCc2sccc2C1)N1C(=O)c2cc(Cl)c(Cl)cc2C1=O. The molecule has 0 radical (unpaired) electrons. The fourth-order valence-corrected chi connectivity index (χ4v) is 4.63. The molecule has 1 aromatic carbocycles. The van der Waals surface area contributed by atoms with Gasteiger partial charge in [-0.05, 0) is 42.5 Å². The van der Waals surface area contributed by atoms with Crippen LogP contribution in [0.1, 0.15) is 38.1 Å². The van der Waals surface area contributed by atoms with Gasteiger partial charge in [-0.25, -0.2) is 0 Å². The number of thiophene rings is 1. The number of rotatable bonds is 2. The zero-order chi connectivity index (χ0) is 18.6. The van der Waals surface area contributed by atoms with Gasteiger partial charge < -0.3 is 4.90 Å². The van der Waals surface area contributed by atoms with Crippen molar-refractivity contribution in [2.75, 3.05) is 6.54 Å². The molecule has 4 rings (SSSR count). The van der Waals surface area contributed by atoms with Gasteiger partial charge in [0, 0.05) is 18.0 Å². The fourth-order valence-electron chi connectivity index (χ4n) is 3.42. The van der Waals surface area contributed by atoms with Crippen molar-refractivity contribution in [2.45, 2.75) is 25.9 Å². The highest BCUT2D eigenvalue weighted by Gasteiger charge is 2.42. The maximum atomic E-state index is 12.9. The second-order valence-corrected chi connectivity index (χ2v) is 8.16. The van der Waals surface area contributed by atoms with Crippen molar-refractivity contribution >= 4 is 52.3 Å². The summed E-state index contributed by atoms with van der Waals surface area (Å²) in [6.45, 7) is 2.66. The Morgan fingerprint density at radius 1 is 1.15 bits per heavy atom. The lowest BCUT2D eigenvalue weighted by atomic mass is 10.1. The third-order valence-electron chi connectivity index (χ3n) is 4.82. The largest absolute Gasteiger partial charge is 0.336 e. The van der Waals surface area contributed by atoms with Gasteiger partial charge >= 0.3 is 0 Å². The summed E-state index contributed by atoms with van der Waals surface area (Å²) in [4.78, 5) is 42.3. The van der Waals surface area contributed by atoms with E-state index in [2.05, 4.69) is 0 Å². The van der Waals surface area contributed by atoms with E-state index in [0.29, 0.717) is 13.1 Å². The van der Waals surface area contributed by atoms with Crippen LogP contribution in [-0.4, -0.2) is 40.1 Å². The van der Waals surface area contributed by atoms with Crippen LogP contribution in [0.4, 0.5) is 0 Å². The van der Waals surface area contributed by atoms with E-state index < -0.39 is 17.9 Å². The molecule has 0 fully saturated rings. The first kappa shape index (κ1) is 17.5. The topological polar surface area (TPSA) is 57.7 Å². The van der Waals surface area contributed by atoms with Crippen LogP contribution in [0.5, 0.6) is 0 Å². The molecule has 1 unspecified atom stereocenters. The molecule has 2 aliphatic heterocycles. The highest BCUT2D eigenvalue weighted by atomic mass is 35.5. The lowest BCUT2D eigenvalue weighted by Gasteiger charge is -2.32. The van der Waals surface area contributed by atoms with Crippen molar-refractivity contribution in [3.05, 3.63) is 55.2 Å². The Kier molecular flexibility index (Phi) is 4.29. The van der Waals surface area contributed by atoms with Crippen LogP contribution >= 0.6 is 34.5 Å².